The maximum absolute atomic E-state index is 3.66. The number of thiophene rings is 1. The highest BCUT2D eigenvalue weighted by Crippen LogP contribution is 2.28. The van der Waals surface area contributed by atoms with E-state index in [1.54, 1.807) is 0 Å². The molecule has 1 aromatic heterocycles. The van der Waals surface area contributed by atoms with Gasteiger partial charge in [-0.1, -0.05) is 44.2 Å². The first kappa shape index (κ1) is 16.7. The Morgan fingerprint density at radius 1 is 1.14 bits per heavy atom. The summed E-state index contributed by atoms with van der Waals surface area (Å²) in [5, 5.41) is 3.66. The number of hydrogen-bond acceptors (Lipinski definition) is 2. The van der Waals surface area contributed by atoms with Crippen LogP contribution in [0.15, 0.2) is 46.3 Å². The molecule has 21 heavy (non-hydrogen) atoms. The van der Waals surface area contributed by atoms with Crippen molar-refractivity contribution in [1.29, 1.82) is 0 Å². The zero-order valence-electron chi connectivity index (χ0n) is 13.0. The van der Waals surface area contributed by atoms with Gasteiger partial charge in [-0.3, -0.25) is 0 Å². The average molecular weight is 366 g/mol. The summed E-state index contributed by atoms with van der Waals surface area (Å²) in [7, 11) is 0. The van der Waals surface area contributed by atoms with Crippen molar-refractivity contribution in [2.45, 2.75) is 45.1 Å². The second-order valence-corrected chi connectivity index (χ2v) is 8.81. The van der Waals surface area contributed by atoms with E-state index in [4.69, 9.17) is 0 Å². The SMILES string of the molecule is CC(CC(C)(C)c1ccccc1)NCCc1ccc(Br)s1. The monoisotopic (exact) mass is 365 g/mol. The van der Waals surface area contributed by atoms with E-state index in [2.05, 4.69) is 84.5 Å². The Balaban J connectivity index is 1.80. The molecule has 1 unspecified atom stereocenters. The maximum atomic E-state index is 3.66. The smallest absolute Gasteiger partial charge is 0.0701 e. The fraction of sp³-hybridized carbons (Fsp3) is 0.444. The minimum absolute atomic E-state index is 0.208. The molecule has 2 rings (SSSR count). The van der Waals surface area contributed by atoms with E-state index in [-0.39, 0.29) is 5.41 Å². The number of benzene rings is 1. The van der Waals surface area contributed by atoms with Crippen LogP contribution in [-0.4, -0.2) is 12.6 Å². The highest BCUT2D eigenvalue weighted by molar-refractivity contribution is 9.11. The van der Waals surface area contributed by atoms with Crippen LogP contribution < -0.4 is 5.32 Å². The summed E-state index contributed by atoms with van der Waals surface area (Å²) in [4.78, 5) is 1.43. The van der Waals surface area contributed by atoms with Crippen molar-refractivity contribution in [3.05, 3.63) is 56.7 Å². The van der Waals surface area contributed by atoms with Crippen molar-refractivity contribution in [2.75, 3.05) is 6.54 Å². The molecule has 0 radical (unpaired) electrons. The van der Waals surface area contributed by atoms with E-state index >= 15 is 0 Å². The maximum Gasteiger partial charge on any atom is 0.0701 e. The number of halogens is 1. The van der Waals surface area contributed by atoms with Crippen LogP contribution in [0, 0.1) is 0 Å². The molecular formula is C18H24BrNS. The molecule has 0 aliphatic carbocycles. The summed E-state index contributed by atoms with van der Waals surface area (Å²) in [6.45, 7) is 7.99. The van der Waals surface area contributed by atoms with Gasteiger partial charge in [-0.15, -0.1) is 11.3 Å². The summed E-state index contributed by atoms with van der Waals surface area (Å²) >= 11 is 5.34. The highest BCUT2D eigenvalue weighted by Gasteiger charge is 2.22. The first-order valence-electron chi connectivity index (χ1n) is 7.50. The van der Waals surface area contributed by atoms with Crippen LogP contribution in [0.3, 0.4) is 0 Å². The molecular weight excluding hydrogens is 342 g/mol. The van der Waals surface area contributed by atoms with Gasteiger partial charge < -0.3 is 5.32 Å². The second kappa shape index (κ2) is 7.57. The average Bonchev–Trinajstić information content (AvgIpc) is 2.85. The molecule has 0 saturated carbocycles. The van der Waals surface area contributed by atoms with Gasteiger partial charge >= 0.3 is 0 Å². The molecule has 114 valence electrons. The number of rotatable bonds is 7. The van der Waals surface area contributed by atoms with Crippen molar-refractivity contribution in [2.24, 2.45) is 0 Å². The Hall–Kier alpha value is -0.640. The summed E-state index contributed by atoms with van der Waals surface area (Å²) in [6.07, 6.45) is 2.25. The van der Waals surface area contributed by atoms with E-state index in [9.17, 15) is 0 Å². The van der Waals surface area contributed by atoms with Crippen LogP contribution in [0.5, 0.6) is 0 Å². The normalized spacial score (nSPS) is 13.3. The largest absolute Gasteiger partial charge is 0.314 e. The van der Waals surface area contributed by atoms with Gasteiger partial charge in [0.05, 0.1) is 3.79 Å². The third-order valence-electron chi connectivity index (χ3n) is 3.86. The third kappa shape index (κ3) is 5.24. The number of nitrogens with one attached hydrogen (secondary N) is 1. The molecule has 1 N–H and O–H groups in total. The Kier molecular flexibility index (Phi) is 6.03. The lowest BCUT2D eigenvalue weighted by Gasteiger charge is -2.29. The van der Waals surface area contributed by atoms with Gasteiger partial charge in [-0.25, -0.2) is 0 Å². The van der Waals surface area contributed by atoms with E-state index in [0.29, 0.717) is 6.04 Å². The molecule has 1 aromatic carbocycles. The number of hydrogen-bond donors (Lipinski definition) is 1. The summed E-state index contributed by atoms with van der Waals surface area (Å²) in [6, 6.07) is 15.7. The van der Waals surface area contributed by atoms with Crippen molar-refractivity contribution < 1.29 is 0 Å². The van der Waals surface area contributed by atoms with Crippen LogP contribution in [0.2, 0.25) is 0 Å². The molecule has 0 aliphatic heterocycles. The fourth-order valence-electron chi connectivity index (χ4n) is 2.77. The molecule has 0 fully saturated rings. The van der Waals surface area contributed by atoms with Gasteiger partial charge in [0, 0.05) is 17.5 Å². The van der Waals surface area contributed by atoms with E-state index in [0.717, 1.165) is 19.4 Å². The van der Waals surface area contributed by atoms with E-state index < -0.39 is 0 Å². The highest BCUT2D eigenvalue weighted by atomic mass is 79.9. The van der Waals surface area contributed by atoms with Gasteiger partial charge in [-0.2, -0.15) is 0 Å². The lowest BCUT2D eigenvalue weighted by Crippen LogP contribution is -2.34. The zero-order valence-corrected chi connectivity index (χ0v) is 15.4. The summed E-state index contributed by atoms with van der Waals surface area (Å²) in [5.41, 5.74) is 1.63. The van der Waals surface area contributed by atoms with Gasteiger partial charge in [0.1, 0.15) is 0 Å². The zero-order chi connectivity index (χ0) is 15.3. The van der Waals surface area contributed by atoms with Gasteiger partial charge in [0.2, 0.25) is 0 Å². The molecule has 1 nitrogen and oxygen atoms in total. The van der Waals surface area contributed by atoms with Gasteiger partial charge in [0.15, 0.2) is 0 Å². The fourth-order valence-corrected chi connectivity index (χ4v) is 4.26. The Labute approximate surface area is 140 Å². The van der Waals surface area contributed by atoms with Crippen LogP contribution in [0.25, 0.3) is 0 Å². The van der Waals surface area contributed by atoms with E-state index in [1.807, 2.05) is 11.3 Å². The molecule has 1 atom stereocenters. The standard InChI is InChI=1S/C18H24BrNS/c1-14(20-12-11-16-9-10-17(19)21-16)13-18(2,3)15-7-5-4-6-8-15/h4-10,14,20H,11-13H2,1-3H3. The Bertz CT molecular complexity index is 547. The Morgan fingerprint density at radius 3 is 2.48 bits per heavy atom. The van der Waals surface area contributed by atoms with Crippen molar-refractivity contribution >= 4 is 27.3 Å². The lowest BCUT2D eigenvalue weighted by molar-refractivity contribution is 0.391. The molecule has 0 aliphatic rings. The molecule has 0 bridgehead atoms. The van der Waals surface area contributed by atoms with Crippen LogP contribution in [0.1, 0.15) is 37.6 Å². The first-order chi connectivity index (χ1) is 9.97. The molecule has 0 saturated heterocycles. The minimum Gasteiger partial charge on any atom is -0.314 e. The molecule has 1 heterocycles. The van der Waals surface area contributed by atoms with Crippen molar-refractivity contribution in [3.8, 4) is 0 Å². The minimum atomic E-state index is 0.208. The predicted octanol–water partition coefficient (Wildman–Crippen LogP) is 5.40. The van der Waals surface area contributed by atoms with Gasteiger partial charge in [0.25, 0.3) is 0 Å². The topological polar surface area (TPSA) is 12.0 Å². The van der Waals surface area contributed by atoms with E-state index in [1.165, 1.54) is 14.2 Å². The first-order valence-corrected chi connectivity index (χ1v) is 9.11. The summed E-state index contributed by atoms with van der Waals surface area (Å²) < 4.78 is 1.22. The molecule has 0 amide bonds. The molecule has 0 spiro atoms. The Morgan fingerprint density at radius 2 is 1.86 bits per heavy atom. The van der Waals surface area contributed by atoms with Crippen molar-refractivity contribution in [1.82, 2.24) is 5.32 Å². The second-order valence-electron chi connectivity index (χ2n) is 6.27. The van der Waals surface area contributed by atoms with Crippen LogP contribution >= 0.6 is 27.3 Å². The molecule has 2 aromatic rings. The van der Waals surface area contributed by atoms with Crippen LogP contribution in [-0.2, 0) is 11.8 Å². The quantitative estimate of drug-likeness (QED) is 0.692. The lowest BCUT2D eigenvalue weighted by atomic mass is 9.79. The summed E-state index contributed by atoms with van der Waals surface area (Å²) in [5.74, 6) is 0. The van der Waals surface area contributed by atoms with Crippen molar-refractivity contribution in [3.63, 3.8) is 0 Å². The third-order valence-corrected chi connectivity index (χ3v) is 5.55. The predicted molar refractivity (Wildman–Crippen MR) is 97.3 cm³/mol. The van der Waals surface area contributed by atoms with Crippen LogP contribution in [0.4, 0.5) is 0 Å². The molecule has 3 heteroatoms. The van der Waals surface area contributed by atoms with Gasteiger partial charge in [-0.05, 0) is 58.8 Å².